The van der Waals surface area contributed by atoms with E-state index in [1.165, 1.54) is 89.9 Å². The molecule has 0 fully saturated rings. The molecular formula is C47H65Cl4LiN4O4. The minimum absolute atomic E-state index is 0. The summed E-state index contributed by atoms with van der Waals surface area (Å²) in [6.07, 6.45) is 28.6. The first kappa shape index (κ1) is 52.0. The fourth-order valence-corrected chi connectivity index (χ4v) is 8.78. The van der Waals surface area contributed by atoms with Crippen LogP contribution in [0.15, 0.2) is 42.2 Å². The van der Waals surface area contributed by atoms with Crippen molar-refractivity contribution in [2.45, 2.75) is 168 Å². The van der Waals surface area contributed by atoms with Crippen LogP contribution < -0.4 is 43.4 Å². The molecule has 1 aromatic heterocycles. The van der Waals surface area contributed by atoms with Crippen LogP contribution in [0.5, 0.6) is 0 Å². The van der Waals surface area contributed by atoms with Gasteiger partial charge in [0.2, 0.25) is 0 Å². The van der Waals surface area contributed by atoms with Crippen molar-refractivity contribution in [2.24, 2.45) is 0 Å². The van der Waals surface area contributed by atoms with Crippen LogP contribution in [0.1, 0.15) is 161 Å². The van der Waals surface area contributed by atoms with Crippen LogP contribution in [0.2, 0.25) is 20.1 Å². The molecular weight excluding hydrogens is 833 g/mol. The van der Waals surface area contributed by atoms with E-state index in [4.69, 9.17) is 46.4 Å². The number of rotatable bonds is 30. The molecule has 0 atom stereocenters. The zero-order valence-corrected chi connectivity index (χ0v) is 39.4. The fourth-order valence-electron chi connectivity index (χ4n) is 8.15. The number of anilines is 2. The number of aryl methyl sites for hydroxylation is 2. The van der Waals surface area contributed by atoms with Crippen molar-refractivity contribution in [3.05, 3.63) is 68.2 Å². The molecule has 0 spiro atoms. The first-order valence-corrected chi connectivity index (χ1v) is 23.8. The van der Waals surface area contributed by atoms with Crippen LogP contribution in [0.4, 0.5) is 11.4 Å². The third kappa shape index (κ3) is 16.1. The molecule has 1 aliphatic rings. The minimum atomic E-state index is -1.08. The summed E-state index contributed by atoms with van der Waals surface area (Å²) in [5, 5.41) is 24.8. The standard InChI is InChI=1S/C47H66Cl4N4O4.Li/c1-3-5-7-9-11-13-15-17-19-28-52-40-32-36(48)38(50)34-42(40)54(30-22-26-46(56)57)44(52)24-21-25-45-53(29-20-18-16-14-12-10-8-6-4-2)41-33-37(49)39(51)35-43(41)55(45)31-23-27-47(58)59;/h21,24-25,32-35H,3-20,22-23,26-31H2,1-2H3,(H-,56,57,58,59);/q;+1/p-1. The first-order chi connectivity index (χ1) is 28.6. The van der Waals surface area contributed by atoms with Gasteiger partial charge in [0.1, 0.15) is 5.82 Å². The normalized spacial score (nSPS) is 13.3. The van der Waals surface area contributed by atoms with E-state index in [1.807, 2.05) is 30.3 Å². The summed E-state index contributed by atoms with van der Waals surface area (Å²) in [5.74, 6) is -0.357. The second-order valence-corrected chi connectivity index (χ2v) is 17.6. The zero-order chi connectivity index (χ0) is 42.6. The quantitative estimate of drug-likeness (QED) is 0.0377. The third-order valence-electron chi connectivity index (χ3n) is 11.3. The number of nitrogens with zero attached hydrogens (tertiary/aromatic N) is 4. The van der Waals surface area contributed by atoms with Crippen molar-refractivity contribution in [1.82, 2.24) is 4.57 Å². The molecule has 0 saturated heterocycles. The van der Waals surface area contributed by atoms with E-state index >= 15 is 0 Å². The van der Waals surface area contributed by atoms with E-state index < -0.39 is 11.9 Å². The molecule has 2 aromatic carbocycles. The molecule has 0 saturated carbocycles. The molecule has 0 bridgehead atoms. The second kappa shape index (κ2) is 28.4. The average molecular weight is 899 g/mol. The SMILES string of the molecule is CCCCCCCCCCCN1C(=CC=Cc2n(CCCCCCCCCCC)c3cc(Cl)c(Cl)cc3[n+]2CCCC(=O)[O-])N(CCCC(=O)[O-])c2cc(Cl)c(Cl)cc21.[Li+]. The summed E-state index contributed by atoms with van der Waals surface area (Å²) >= 11 is 26.5. The third-order valence-corrected chi connectivity index (χ3v) is 12.7. The van der Waals surface area contributed by atoms with E-state index in [2.05, 4.69) is 44.9 Å². The van der Waals surface area contributed by atoms with Gasteiger partial charge in [0.05, 0.1) is 44.6 Å². The molecule has 13 heteroatoms. The Balaban J connectivity index is 0.00000961. The number of halogens is 4. The Labute approximate surface area is 391 Å². The summed E-state index contributed by atoms with van der Waals surface area (Å²) < 4.78 is 4.40. The number of unbranched alkanes of at least 4 members (excludes halogenated alkanes) is 16. The Morgan fingerprint density at radius 2 is 1.02 bits per heavy atom. The van der Waals surface area contributed by atoms with Crippen molar-refractivity contribution in [3.63, 3.8) is 0 Å². The second-order valence-electron chi connectivity index (χ2n) is 16.0. The number of carbonyl (C=O) groups is 2. The van der Waals surface area contributed by atoms with E-state index in [0.717, 1.165) is 72.8 Å². The molecule has 1 aliphatic heterocycles. The monoisotopic (exact) mass is 896 g/mol. The van der Waals surface area contributed by atoms with E-state index in [-0.39, 0.29) is 31.7 Å². The number of carboxylic acids is 2. The zero-order valence-electron chi connectivity index (χ0n) is 36.4. The van der Waals surface area contributed by atoms with Gasteiger partial charge >= 0.3 is 18.9 Å². The number of hydrogen-bond acceptors (Lipinski definition) is 6. The first-order valence-electron chi connectivity index (χ1n) is 22.3. The van der Waals surface area contributed by atoms with Crippen molar-refractivity contribution in [2.75, 3.05) is 22.9 Å². The number of benzene rings is 2. The van der Waals surface area contributed by atoms with Crippen LogP contribution in [0.25, 0.3) is 17.1 Å². The predicted octanol–water partition coefficient (Wildman–Crippen LogP) is 8.85. The maximum absolute atomic E-state index is 11.5. The topological polar surface area (TPSA) is 95.6 Å². The van der Waals surface area contributed by atoms with Crippen LogP contribution in [0.3, 0.4) is 0 Å². The molecule has 0 amide bonds. The van der Waals surface area contributed by atoms with Gasteiger partial charge in [-0.2, -0.15) is 0 Å². The smallest absolute Gasteiger partial charge is 0.550 e. The van der Waals surface area contributed by atoms with E-state index in [9.17, 15) is 19.8 Å². The average Bonchev–Trinajstić information content (AvgIpc) is 3.62. The number of allylic oxidation sites excluding steroid dienone is 2. The number of aromatic nitrogens is 2. The minimum Gasteiger partial charge on any atom is -0.550 e. The Morgan fingerprint density at radius 1 is 0.583 bits per heavy atom. The van der Waals surface area contributed by atoms with E-state index in [1.54, 1.807) is 0 Å². The van der Waals surface area contributed by atoms with Gasteiger partial charge in [0.15, 0.2) is 11.0 Å². The molecule has 0 radical (unpaired) electrons. The number of imidazole rings is 1. The summed E-state index contributed by atoms with van der Waals surface area (Å²) in [4.78, 5) is 27.4. The number of hydrogen-bond donors (Lipinski definition) is 0. The molecule has 8 nitrogen and oxygen atoms in total. The number of fused-ring (bicyclic) bond motifs is 2. The van der Waals surface area contributed by atoms with Crippen LogP contribution in [-0.2, 0) is 22.7 Å². The Kier molecular flexibility index (Phi) is 24.6. The number of carboxylic acid groups (broad SMARTS) is 2. The van der Waals surface area contributed by atoms with Crippen LogP contribution in [0, 0.1) is 0 Å². The van der Waals surface area contributed by atoms with Gasteiger partial charge in [-0.3, -0.25) is 0 Å². The van der Waals surface area contributed by atoms with Gasteiger partial charge in [-0.1, -0.05) is 163 Å². The fraction of sp³-hybridized carbons (Fsp3) is 0.596. The largest absolute Gasteiger partial charge is 1.00 e. The van der Waals surface area contributed by atoms with E-state index in [0.29, 0.717) is 46.0 Å². The maximum atomic E-state index is 11.5. The number of aliphatic carboxylic acids is 2. The van der Waals surface area contributed by atoms with Crippen molar-refractivity contribution < 1.29 is 43.2 Å². The van der Waals surface area contributed by atoms with Crippen molar-refractivity contribution >= 4 is 86.8 Å². The van der Waals surface area contributed by atoms with Crippen LogP contribution >= 0.6 is 46.4 Å². The molecule has 3 aromatic rings. The van der Waals surface area contributed by atoms with Gasteiger partial charge in [-0.25, -0.2) is 9.13 Å². The van der Waals surface area contributed by atoms with Crippen LogP contribution in [-0.4, -0.2) is 29.6 Å². The molecule has 0 N–H and O–H groups in total. The Bertz CT molecular complexity index is 1870. The maximum Gasteiger partial charge on any atom is 1.00 e. The Hall–Kier alpha value is -2.31. The van der Waals surface area contributed by atoms with Crippen molar-refractivity contribution in [3.8, 4) is 0 Å². The Morgan fingerprint density at radius 3 is 1.53 bits per heavy atom. The molecule has 0 aliphatic carbocycles. The molecule has 2 heterocycles. The summed E-state index contributed by atoms with van der Waals surface area (Å²) in [5.41, 5.74) is 3.64. The predicted molar refractivity (Wildman–Crippen MR) is 243 cm³/mol. The molecule has 4 rings (SSSR count). The number of carbonyl (C=O) groups excluding carboxylic acids is 2. The summed E-state index contributed by atoms with van der Waals surface area (Å²) in [6, 6.07) is 7.55. The molecule has 60 heavy (non-hydrogen) atoms. The summed E-state index contributed by atoms with van der Waals surface area (Å²) in [6.45, 7) is 6.91. The van der Waals surface area contributed by atoms with Gasteiger partial charge in [0.25, 0.3) is 5.82 Å². The summed E-state index contributed by atoms with van der Waals surface area (Å²) in [7, 11) is 0. The molecule has 0 unspecified atom stereocenters. The van der Waals surface area contributed by atoms with Gasteiger partial charge in [-0.15, -0.1) is 0 Å². The van der Waals surface area contributed by atoms with Crippen molar-refractivity contribution in [1.29, 1.82) is 0 Å². The van der Waals surface area contributed by atoms with Gasteiger partial charge < -0.3 is 29.6 Å². The van der Waals surface area contributed by atoms with Gasteiger partial charge in [0, 0.05) is 43.2 Å². The molecule has 326 valence electrons. The van der Waals surface area contributed by atoms with Gasteiger partial charge in [-0.05, 0) is 63.2 Å².